The largest absolute Gasteiger partial charge is 0.378 e. The van der Waals surface area contributed by atoms with Gasteiger partial charge < -0.3 is 5.11 Å². The molecular weight excluding hydrogens is 102 g/mol. The summed E-state index contributed by atoms with van der Waals surface area (Å²) in [6.07, 6.45) is 0.0781. The first-order valence-corrected chi connectivity index (χ1v) is 2.80. The molecule has 8 heavy (non-hydrogen) atoms. The topological polar surface area (TPSA) is 44.0 Å². The molecule has 0 rings (SSSR count). The Morgan fingerprint density at radius 3 is 2.38 bits per heavy atom. The molecule has 0 radical (unpaired) electrons. The van der Waals surface area contributed by atoms with Gasteiger partial charge in [-0.3, -0.25) is 0 Å². The van der Waals surface area contributed by atoms with Crippen LogP contribution in [0.3, 0.4) is 0 Å². The van der Waals surface area contributed by atoms with Crippen molar-refractivity contribution in [3.05, 3.63) is 0 Å². The van der Waals surface area contributed by atoms with E-state index in [4.69, 9.17) is 10.4 Å². The molecule has 0 aromatic heterocycles. The molecule has 2 heteroatoms. The fraction of sp³-hybridized carbons (Fsp3) is 0.833. The van der Waals surface area contributed by atoms with E-state index in [-0.39, 0.29) is 5.92 Å². The lowest BCUT2D eigenvalue weighted by Crippen LogP contribution is -2.13. The number of aliphatic hydroxyl groups is 1. The van der Waals surface area contributed by atoms with E-state index in [9.17, 15) is 0 Å². The summed E-state index contributed by atoms with van der Waals surface area (Å²) in [4.78, 5) is 0. The number of aliphatic hydroxyl groups excluding tert-OH is 1. The highest BCUT2D eigenvalue weighted by molar-refractivity contribution is 4.85. The van der Waals surface area contributed by atoms with Gasteiger partial charge in [-0.1, -0.05) is 20.3 Å². The lowest BCUT2D eigenvalue weighted by Gasteiger charge is -2.06. The van der Waals surface area contributed by atoms with Gasteiger partial charge in [0.2, 0.25) is 0 Å². The first-order valence-electron chi connectivity index (χ1n) is 2.80. The zero-order chi connectivity index (χ0) is 6.57. The van der Waals surface area contributed by atoms with E-state index in [0.29, 0.717) is 0 Å². The summed E-state index contributed by atoms with van der Waals surface area (Å²) in [5, 5.41) is 16.9. The summed E-state index contributed by atoms with van der Waals surface area (Å²) in [6, 6.07) is 1.77. The highest BCUT2D eigenvalue weighted by Crippen LogP contribution is 2.04. The molecule has 0 aliphatic rings. The number of rotatable bonds is 2. The molecule has 46 valence electrons. The van der Waals surface area contributed by atoms with E-state index in [0.717, 1.165) is 6.42 Å². The third-order valence-electron chi connectivity index (χ3n) is 1.32. The lowest BCUT2D eigenvalue weighted by molar-refractivity contribution is 0.167. The number of hydrogen-bond donors (Lipinski definition) is 1. The maximum atomic E-state index is 8.77. The summed E-state index contributed by atoms with van der Waals surface area (Å²) in [6.45, 7) is 3.80. The fourth-order valence-electron chi connectivity index (χ4n) is 0.351. The first-order chi connectivity index (χ1) is 3.72. The van der Waals surface area contributed by atoms with Crippen molar-refractivity contribution in [3.8, 4) is 6.07 Å². The van der Waals surface area contributed by atoms with Crippen molar-refractivity contribution in [2.45, 2.75) is 26.4 Å². The van der Waals surface area contributed by atoms with Crippen molar-refractivity contribution in [2.24, 2.45) is 5.92 Å². The summed E-state index contributed by atoms with van der Waals surface area (Å²) in [7, 11) is 0. The Hall–Kier alpha value is -0.550. The Balaban J connectivity index is 3.49. The van der Waals surface area contributed by atoms with E-state index in [1.165, 1.54) is 0 Å². The molecule has 0 saturated carbocycles. The molecule has 0 fully saturated rings. The second kappa shape index (κ2) is 3.45. The van der Waals surface area contributed by atoms with Crippen LogP contribution in [-0.4, -0.2) is 11.2 Å². The van der Waals surface area contributed by atoms with E-state index in [2.05, 4.69) is 0 Å². The third-order valence-corrected chi connectivity index (χ3v) is 1.32. The smallest absolute Gasteiger partial charge is 0.143 e. The van der Waals surface area contributed by atoms with Crippen LogP contribution in [0.4, 0.5) is 0 Å². The molecule has 0 aliphatic carbocycles. The Morgan fingerprint density at radius 2 is 2.25 bits per heavy atom. The van der Waals surface area contributed by atoms with Crippen LogP contribution in [0, 0.1) is 17.2 Å². The van der Waals surface area contributed by atoms with E-state index in [1.54, 1.807) is 6.07 Å². The fourth-order valence-corrected chi connectivity index (χ4v) is 0.351. The van der Waals surface area contributed by atoms with Gasteiger partial charge in [0, 0.05) is 0 Å². The maximum Gasteiger partial charge on any atom is 0.143 e. The molecule has 2 atom stereocenters. The summed E-state index contributed by atoms with van der Waals surface area (Å²) >= 11 is 0. The van der Waals surface area contributed by atoms with E-state index in [1.807, 2.05) is 13.8 Å². The van der Waals surface area contributed by atoms with Crippen LogP contribution >= 0.6 is 0 Å². The van der Waals surface area contributed by atoms with Gasteiger partial charge in [0.15, 0.2) is 0 Å². The van der Waals surface area contributed by atoms with Gasteiger partial charge in [0.1, 0.15) is 6.10 Å². The second-order valence-corrected chi connectivity index (χ2v) is 1.96. The predicted molar refractivity (Wildman–Crippen MR) is 31.1 cm³/mol. The Morgan fingerprint density at radius 1 is 1.75 bits per heavy atom. The highest BCUT2D eigenvalue weighted by atomic mass is 16.3. The monoisotopic (exact) mass is 113 g/mol. The van der Waals surface area contributed by atoms with Crippen molar-refractivity contribution in [3.63, 3.8) is 0 Å². The van der Waals surface area contributed by atoms with Crippen LogP contribution in [0.1, 0.15) is 20.3 Å². The molecule has 0 aromatic rings. The van der Waals surface area contributed by atoms with E-state index >= 15 is 0 Å². The summed E-state index contributed by atoms with van der Waals surface area (Å²) in [5.74, 6) is 0.111. The van der Waals surface area contributed by atoms with Crippen LogP contribution in [0.5, 0.6) is 0 Å². The normalized spacial score (nSPS) is 16.8. The standard InChI is InChI=1S/C6H11NO/c1-3-5(2)6(8)4-7/h5-6,8H,3H2,1-2H3/t5-,6?/m0/s1. The summed E-state index contributed by atoms with van der Waals surface area (Å²) < 4.78 is 0. The van der Waals surface area contributed by atoms with Crippen molar-refractivity contribution < 1.29 is 5.11 Å². The minimum atomic E-state index is -0.778. The lowest BCUT2D eigenvalue weighted by atomic mass is 10.0. The zero-order valence-electron chi connectivity index (χ0n) is 5.26. The van der Waals surface area contributed by atoms with Gasteiger partial charge >= 0.3 is 0 Å². The zero-order valence-corrected chi connectivity index (χ0v) is 5.26. The molecule has 0 spiro atoms. The quantitative estimate of drug-likeness (QED) is 0.541. The predicted octanol–water partition coefficient (Wildman–Crippen LogP) is 0.917. The van der Waals surface area contributed by atoms with Crippen molar-refractivity contribution in [2.75, 3.05) is 0 Å². The molecule has 1 unspecified atom stereocenters. The minimum Gasteiger partial charge on any atom is -0.378 e. The molecular formula is C6H11NO. The molecule has 0 bridgehead atoms. The molecule has 0 aromatic carbocycles. The van der Waals surface area contributed by atoms with Crippen molar-refractivity contribution in [1.29, 1.82) is 5.26 Å². The molecule has 1 N–H and O–H groups in total. The third kappa shape index (κ3) is 1.94. The molecule has 0 saturated heterocycles. The van der Waals surface area contributed by atoms with Crippen LogP contribution in [0.15, 0.2) is 0 Å². The van der Waals surface area contributed by atoms with Gasteiger partial charge in [-0.25, -0.2) is 0 Å². The maximum absolute atomic E-state index is 8.77. The van der Waals surface area contributed by atoms with Crippen molar-refractivity contribution >= 4 is 0 Å². The Kier molecular flexibility index (Phi) is 3.21. The average Bonchev–Trinajstić information content (AvgIpc) is 1.84. The van der Waals surface area contributed by atoms with Crippen LogP contribution in [-0.2, 0) is 0 Å². The summed E-state index contributed by atoms with van der Waals surface area (Å²) in [5.41, 5.74) is 0. The van der Waals surface area contributed by atoms with Gasteiger partial charge in [-0.15, -0.1) is 0 Å². The number of nitrogens with zero attached hydrogens (tertiary/aromatic N) is 1. The van der Waals surface area contributed by atoms with E-state index < -0.39 is 6.10 Å². The molecule has 0 aliphatic heterocycles. The minimum absolute atomic E-state index is 0.111. The van der Waals surface area contributed by atoms with Gasteiger partial charge in [-0.2, -0.15) is 5.26 Å². The average molecular weight is 113 g/mol. The van der Waals surface area contributed by atoms with Gasteiger partial charge in [0.05, 0.1) is 6.07 Å². The van der Waals surface area contributed by atoms with Gasteiger partial charge in [-0.05, 0) is 5.92 Å². The van der Waals surface area contributed by atoms with Crippen LogP contribution in [0.25, 0.3) is 0 Å². The Bertz CT molecular complexity index is 95.2. The SMILES string of the molecule is CC[C@H](C)C(O)C#N. The Labute approximate surface area is 49.8 Å². The highest BCUT2D eigenvalue weighted by Gasteiger charge is 2.08. The number of hydrogen-bond acceptors (Lipinski definition) is 2. The van der Waals surface area contributed by atoms with Crippen LogP contribution in [0.2, 0.25) is 0 Å². The van der Waals surface area contributed by atoms with Crippen LogP contribution < -0.4 is 0 Å². The first kappa shape index (κ1) is 7.45. The molecule has 0 amide bonds. The van der Waals surface area contributed by atoms with Crippen molar-refractivity contribution in [1.82, 2.24) is 0 Å². The molecule has 2 nitrogen and oxygen atoms in total. The number of nitriles is 1. The second-order valence-electron chi connectivity index (χ2n) is 1.96. The molecule has 0 heterocycles. The van der Waals surface area contributed by atoms with Gasteiger partial charge in [0.25, 0.3) is 0 Å².